The van der Waals surface area contributed by atoms with Crippen LogP contribution >= 0.6 is 11.6 Å². The molecule has 1 aliphatic rings. The van der Waals surface area contributed by atoms with Gasteiger partial charge in [-0.25, -0.2) is 9.78 Å². The van der Waals surface area contributed by atoms with Crippen LogP contribution in [0.15, 0.2) is 42.5 Å². The van der Waals surface area contributed by atoms with E-state index in [1.54, 1.807) is 47.2 Å². The van der Waals surface area contributed by atoms with Crippen molar-refractivity contribution < 1.29 is 24.2 Å². The van der Waals surface area contributed by atoms with E-state index in [1.807, 2.05) is 19.1 Å². The summed E-state index contributed by atoms with van der Waals surface area (Å²) in [6.45, 7) is 3.90. The third-order valence-electron chi connectivity index (χ3n) is 6.01. The van der Waals surface area contributed by atoms with Crippen molar-refractivity contribution in [2.75, 3.05) is 39.9 Å². The summed E-state index contributed by atoms with van der Waals surface area (Å²) in [5.74, 6) is 0.471. The van der Waals surface area contributed by atoms with Gasteiger partial charge in [-0.3, -0.25) is 4.79 Å². The Labute approximate surface area is 209 Å². The molecule has 1 aliphatic heterocycles. The van der Waals surface area contributed by atoms with Crippen LogP contribution in [-0.4, -0.2) is 71.8 Å². The van der Waals surface area contributed by atoms with Crippen LogP contribution in [0.4, 0.5) is 4.79 Å². The predicted molar refractivity (Wildman–Crippen MR) is 134 cm³/mol. The number of carbonyl (C=O) groups is 2. The first-order chi connectivity index (χ1) is 16.9. The highest BCUT2D eigenvalue weighted by Crippen LogP contribution is 2.31. The lowest BCUT2D eigenvalue weighted by molar-refractivity contribution is 0.0560. The molecule has 4 rings (SSSR count). The average molecular weight is 498 g/mol. The molecule has 2 amide bonds. The average Bonchev–Trinajstić information content (AvgIpc) is 2.90. The minimum absolute atomic E-state index is 0.121. The van der Waals surface area contributed by atoms with Gasteiger partial charge in [-0.2, -0.15) is 0 Å². The summed E-state index contributed by atoms with van der Waals surface area (Å²) in [6, 6.07) is 12.5. The van der Waals surface area contributed by atoms with Crippen molar-refractivity contribution in [1.29, 1.82) is 0 Å². The van der Waals surface area contributed by atoms with E-state index in [-0.39, 0.29) is 18.6 Å². The molecule has 1 saturated heterocycles. The van der Waals surface area contributed by atoms with Crippen LogP contribution in [0, 0.1) is 0 Å². The van der Waals surface area contributed by atoms with Crippen LogP contribution in [-0.2, 0) is 11.3 Å². The second kappa shape index (κ2) is 10.9. The first-order valence-electron chi connectivity index (χ1n) is 11.5. The number of aromatic nitrogens is 1. The van der Waals surface area contributed by atoms with Gasteiger partial charge in [0.05, 0.1) is 36.6 Å². The van der Waals surface area contributed by atoms with E-state index in [9.17, 15) is 14.7 Å². The molecule has 2 heterocycles. The van der Waals surface area contributed by atoms with Gasteiger partial charge in [0.2, 0.25) is 0 Å². The molecule has 3 aromatic rings. The number of pyridine rings is 1. The summed E-state index contributed by atoms with van der Waals surface area (Å²) >= 11 is 6.55. The molecule has 0 saturated carbocycles. The Hall–Kier alpha value is -3.36. The first-order valence-corrected chi connectivity index (χ1v) is 11.9. The molecule has 2 aromatic carbocycles. The predicted octanol–water partition coefficient (Wildman–Crippen LogP) is 4.36. The topological polar surface area (TPSA) is 92.2 Å². The third-order valence-corrected chi connectivity index (χ3v) is 6.32. The summed E-state index contributed by atoms with van der Waals surface area (Å²) in [5.41, 5.74) is 3.15. The fraction of sp³-hybridized carbons (Fsp3) is 0.346. The molecule has 0 atom stereocenters. The zero-order valence-electron chi connectivity index (χ0n) is 19.8. The number of carbonyl (C=O) groups excluding carboxylic acids is 2. The van der Waals surface area contributed by atoms with E-state index in [4.69, 9.17) is 26.1 Å². The van der Waals surface area contributed by atoms with Gasteiger partial charge in [-0.05, 0) is 42.8 Å². The Morgan fingerprint density at radius 3 is 2.49 bits per heavy atom. The number of aliphatic hydroxyl groups excluding tert-OH is 1. The SMILES string of the molecule is CCCOC(=O)N1CCN(C(=O)c2ccc3c(Cl)cc(-c4ccc(OC)c(CO)c4)nc3c2)CC1. The fourth-order valence-electron chi connectivity index (χ4n) is 4.08. The number of methoxy groups -OCH3 is 1. The number of amides is 2. The van der Waals surface area contributed by atoms with E-state index >= 15 is 0 Å². The Balaban J connectivity index is 1.55. The Morgan fingerprint density at radius 2 is 1.80 bits per heavy atom. The summed E-state index contributed by atoms with van der Waals surface area (Å²) in [4.78, 5) is 33.3. The molecular formula is C26H28ClN3O5. The number of hydrogen-bond acceptors (Lipinski definition) is 6. The van der Waals surface area contributed by atoms with Crippen molar-refractivity contribution >= 4 is 34.5 Å². The van der Waals surface area contributed by atoms with Gasteiger partial charge < -0.3 is 24.4 Å². The van der Waals surface area contributed by atoms with Crippen LogP contribution in [0.25, 0.3) is 22.2 Å². The number of rotatable bonds is 6. The lowest BCUT2D eigenvalue weighted by atomic mass is 10.0. The summed E-state index contributed by atoms with van der Waals surface area (Å²) in [6.07, 6.45) is 0.436. The second-order valence-corrected chi connectivity index (χ2v) is 8.71. The number of benzene rings is 2. The molecule has 35 heavy (non-hydrogen) atoms. The number of ether oxygens (including phenoxy) is 2. The van der Waals surface area contributed by atoms with Crippen molar-refractivity contribution in [3.63, 3.8) is 0 Å². The van der Waals surface area contributed by atoms with Crippen LogP contribution in [0.2, 0.25) is 5.02 Å². The van der Waals surface area contributed by atoms with E-state index in [0.29, 0.717) is 65.9 Å². The smallest absolute Gasteiger partial charge is 0.409 e. The van der Waals surface area contributed by atoms with Crippen LogP contribution in [0.3, 0.4) is 0 Å². The highest BCUT2D eigenvalue weighted by Gasteiger charge is 2.26. The highest BCUT2D eigenvalue weighted by atomic mass is 35.5. The molecule has 0 radical (unpaired) electrons. The van der Waals surface area contributed by atoms with E-state index in [1.165, 1.54) is 0 Å². The molecule has 0 bridgehead atoms. The summed E-state index contributed by atoms with van der Waals surface area (Å²) in [5, 5.41) is 10.9. The van der Waals surface area contributed by atoms with Gasteiger partial charge in [-0.1, -0.05) is 24.6 Å². The zero-order valence-corrected chi connectivity index (χ0v) is 20.5. The maximum Gasteiger partial charge on any atom is 0.409 e. The maximum atomic E-state index is 13.2. The van der Waals surface area contributed by atoms with Crippen molar-refractivity contribution in [2.45, 2.75) is 20.0 Å². The lowest BCUT2D eigenvalue weighted by Gasteiger charge is -2.34. The van der Waals surface area contributed by atoms with Crippen molar-refractivity contribution in [3.8, 4) is 17.0 Å². The van der Waals surface area contributed by atoms with Gasteiger partial charge in [0, 0.05) is 48.3 Å². The molecule has 0 spiro atoms. The van der Waals surface area contributed by atoms with Crippen molar-refractivity contribution in [1.82, 2.24) is 14.8 Å². The zero-order chi connectivity index (χ0) is 24.9. The monoisotopic (exact) mass is 497 g/mol. The number of piperazine rings is 1. The molecule has 1 N–H and O–H groups in total. The molecule has 184 valence electrons. The van der Waals surface area contributed by atoms with Crippen LogP contribution < -0.4 is 4.74 Å². The summed E-state index contributed by atoms with van der Waals surface area (Å²) < 4.78 is 10.5. The van der Waals surface area contributed by atoms with Crippen LogP contribution in [0.5, 0.6) is 5.75 Å². The Bertz CT molecular complexity index is 1240. The number of nitrogens with zero attached hydrogens (tertiary/aromatic N) is 3. The van der Waals surface area contributed by atoms with Gasteiger partial charge in [0.15, 0.2) is 0 Å². The molecule has 0 aliphatic carbocycles. The minimum Gasteiger partial charge on any atom is -0.496 e. The molecule has 9 heteroatoms. The molecule has 0 unspecified atom stereocenters. The van der Waals surface area contributed by atoms with Gasteiger partial charge in [-0.15, -0.1) is 0 Å². The van der Waals surface area contributed by atoms with Gasteiger partial charge >= 0.3 is 6.09 Å². The van der Waals surface area contributed by atoms with E-state index < -0.39 is 0 Å². The Kier molecular flexibility index (Phi) is 7.73. The van der Waals surface area contributed by atoms with Crippen LogP contribution in [0.1, 0.15) is 29.3 Å². The van der Waals surface area contributed by atoms with E-state index in [2.05, 4.69) is 0 Å². The summed E-state index contributed by atoms with van der Waals surface area (Å²) in [7, 11) is 1.55. The number of aliphatic hydroxyl groups is 1. The normalized spacial score (nSPS) is 13.7. The molecular weight excluding hydrogens is 470 g/mol. The number of hydrogen-bond donors (Lipinski definition) is 1. The standard InChI is InChI=1S/C26H28ClN3O5/c1-3-12-35-26(33)30-10-8-29(9-11-30)25(32)18-4-6-20-21(27)15-22(28-23(20)14-18)17-5-7-24(34-2)19(13-17)16-31/h4-7,13-15,31H,3,8-12,16H2,1-2H3. The minimum atomic E-state index is -0.334. The molecule has 8 nitrogen and oxygen atoms in total. The first kappa shape index (κ1) is 24.8. The molecule has 1 aromatic heterocycles. The van der Waals surface area contributed by atoms with E-state index in [0.717, 1.165) is 17.4 Å². The lowest BCUT2D eigenvalue weighted by Crippen LogP contribution is -2.50. The molecule has 1 fully saturated rings. The van der Waals surface area contributed by atoms with Crippen molar-refractivity contribution in [3.05, 3.63) is 58.6 Å². The largest absolute Gasteiger partial charge is 0.496 e. The second-order valence-electron chi connectivity index (χ2n) is 8.30. The fourth-order valence-corrected chi connectivity index (χ4v) is 4.35. The van der Waals surface area contributed by atoms with Crippen molar-refractivity contribution in [2.24, 2.45) is 0 Å². The Morgan fingerprint density at radius 1 is 1.06 bits per heavy atom. The maximum absolute atomic E-state index is 13.2. The number of fused-ring (bicyclic) bond motifs is 1. The number of halogens is 1. The highest BCUT2D eigenvalue weighted by molar-refractivity contribution is 6.35. The van der Waals surface area contributed by atoms with Gasteiger partial charge in [0.1, 0.15) is 5.75 Å². The third kappa shape index (κ3) is 5.33. The van der Waals surface area contributed by atoms with Gasteiger partial charge in [0.25, 0.3) is 5.91 Å². The quantitative estimate of drug-likeness (QED) is 0.544.